The first-order chi connectivity index (χ1) is 13.3. The van der Waals surface area contributed by atoms with Gasteiger partial charge in [0.1, 0.15) is 5.75 Å². The Kier molecular flexibility index (Phi) is 5.51. The third-order valence-corrected chi connectivity index (χ3v) is 5.78. The van der Waals surface area contributed by atoms with Gasteiger partial charge in [0.2, 0.25) is 0 Å². The molecule has 0 fully saturated rings. The van der Waals surface area contributed by atoms with Gasteiger partial charge in [0.25, 0.3) is 10.0 Å². The topological polar surface area (TPSA) is 93.2 Å². The van der Waals surface area contributed by atoms with Gasteiger partial charge in [-0.15, -0.1) is 10.2 Å². The van der Waals surface area contributed by atoms with E-state index < -0.39 is 10.0 Å². The molecule has 2 aromatic carbocycles. The van der Waals surface area contributed by atoms with Crippen LogP contribution in [-0.2, 0) is 10.0 Å². The summed E-state index contributed by atoms with van der Waals surface area (Å²) in [4.78, 5) is 0.262. The Morgan fingerprint density at radius 1 is 0.893 bits per heavy atom. The first-order valence-corrected chi connectivity index (χ1v) is 10.1. The maximum absolute atomic E-state index is 12.8. The van der Waals surface area contributed by atoms with Gasteiger partial charge in [-0.2, -0.15) is 0 Å². The Balaban J connectivity index is 1.78. The van der Waals surface area contributed by atoms with E-state index in [1.165, 1.54) is 0 Å². The molecule has 1 aromatic heterocycles. The summed E-state index contributed by atoms with van der Waals surface area (Å²) in [6.07, 6.45) is 0. The van der Waals surface area contributed by atoms with Gasteiger partial charge in [-0.05, 0) is 56.2 Å². The zero-order chi connectivity index (χ0) is 20.3. The number of sulfonamides is 1. The van der Waals surface area contributed by atoms with Crippen molar-refractivity contribution in [2.24, 2.45) is 0 Å². The van der Waals surface area contributed by atoms with Crippen LogP contribution in [0.25, 0.3) is 0 Å². The number of hydrogen-bond donors (Lipinski definition) is 2. The largest absolute Gasteiger partial charge is 0.497 e. The lowest BCUT2D eigenvalue weighted by Crippen LogP contribution is -2.17. The van der Waals surface area contributed by atoms with Crippen molar-refractivity contribution in [1.29, 1.82) is 0 Å². The Bertz CT molecular complexity index is 1070. The van der Waals surface area contributed by atoms with E-state index in [0.29, 0.717) is 22.7 Å². The summed E-state index contributed by atoms with van der Waals surface area (Å²) in [5, 5.41) is 11.1. The molecule has 8 heteroatoms. The summed E-state index contributed by atoms with van der Waals surface area (Å²) >= 11 is 0. The Morgan fingerprint density at radius 3 is 2.14 bits per heavy atom. The van der Waals surface area contributed by atoms with Gasteiger partial charge in [-0.25, -0.2) is 8.42 Å². The summed E-state index contributed by atoms with van der Waals surface area (Å²) in [6.45, 7) is 5.49. The van der Waals surface area contributed by atoms with Crippen LogP contribution in [0.15, 0.2) is 53.4 Å². The molecule has 1 heterocycles. The van der Waals surface area contributed by atoms with E-state index in [9.17, 15) is 8.42 Å². The first kappa shape index (κ1) is 19.6. The zero-order valence-electron chi connectivity index (χ0n) is 16.1. The third-order valence-electron chi connectivity index (χ3n) is 4.12. The van der Waals surface area contributed by atoms with Crippen LogP contribution in [0.5, 0.6) is 5.75 Å². The lowest BCUT2D eigenvalue weighted by molar-refractivity contribution is 0.415. The van der Waals surface area contributed by atoms with Crippen LogP contribution in [0.3, 0.4) is 0 Å². The highest BCUT2D eigenvalue weighted by atomic mass is 32.2. The molecule has 0 aliphatic carbocycles. The fourth-order valence-corrected chi connectivity index (χ4v) is 4.53. The van der Waals surface area contributed by atoms with E-state index in [2.05, 4.69) is 20.2 Å². The standard InChI is InChI=1S/C20H22N4O3S/c1-13-10-14(2)20(15(3)11-13)28(25,26)24-19-9-8-18(22-23-19)21-16-6-5-7-17(12-16)27-4/h5-12H,1-4H3,(H,21,22)(H,23,24). The molecule has 3 aromatic rings. The maximum Gasteiger partial charge on any atom is 0.263 e. The number of nitrogens with one attached hydrogen (secondary N) is 2. The smallest absolute Gasteiger partial charge is 0.263 e. The van der Waals surface area contributed by atoms with Crippen molar-refractivity contribution in [3.05, 3.63) is 65.2 Å². The highest BCUT2D eigenvalue weighted by Gasteiger charge is 2.20. The molecular weight excluding hydrogens is 376 g/mol. The molecule has 0 atom stereocenters. The molecule has 2 N–H and O–H groups in total. The van der Waals surface area contributed by atoms with Crippen molar-refractivity contribution in [2.45, 2.75) is 25.7 Å². The predicted octanol–water partition coefficient (Wildman–Crippen LogP) is 3.95. The Labute approximate surface area is 164 Å². The average Bonchev–Trinajstić information content (AvgIpc) is 2.62. The summed E-state index contributed by atoms with van der Waals surface area (Å²) < 4.78 is 33.3. The minimum Gasteiger partial charge on any atom is -0.497 e. The minimum absolute atomic E-state index is 0.149. The van der Waals surface area contributed by atoms with Crippen LogP contribution >= 0.6 is 0 Å². The number of benzene rings is 2. The van der Waals surface area contributed by atoms with Crippen LogP contribution in [0.1, 0.15) is 16.7 Å². The van der Waals surface area contributed by atoms with Crippen LogP contribution < -0.4 is 14.8 Å². The van der Waals surface area contributed by atoms with Crippen LogP contribution in [0.4, 0.5) is 17.3 Å². The van der Waals surface area contributed by atoms with Gasteiger partial charge in [-0.3, -0.25) is 4.72 Å². The molecule has 146 valence electrons. The number of nitrogens with zero attached hydrogens (tertiary/aromatic N) is 2. The number of aromatic nitrogens is 2. The number of aryl methyl sites for hydroxylation is 3. The van der Waals surface area contributed by atoms with Gasteiger partial charge in [0.05, 0.1) is 12.0 Å². The highest BCUT2D eigenvalue weighted by Crippen LogP contribution is 2.24. The quantitative estimate of drug-likeness (QED) is 0.653. The van der Waals surface area contributed by atoms with E-state index in [1.807, 2.05) is 43.3 Å². The highest BCUT2D eigenvalue weighted by molar-refractivity contribution is 7.92. The molecule has 0 spiro atoms. The maximum atomic E-state index is 12.8. The van der Waals surface area contributed by atoms with E-state index >= 15 is 0 Å². The number of ether oxygens (including phenoxy) is 1. The number of methoxy groups -OCH3 is 1. The van der Waals surface area contributed by atoms with Crippen molar-refractivity contribution in [3.8, 4) is 5.75 Å². The summed E-state index contributed by atoms with van der Waals surface area (Å²) in [6, 6.07) is 14.3. The molecule has 3 rings (SSSR count). The second-order valence-electron chi connectivity index (χ2n) is 6.49. The number of rotatable bonds is 6. The van der Waals surface area contributed by atoms with Crippen molar-refractivity contribution in [2.75, 3.05) is 17.1 Å². The first-order valence-electron chi connectivity index (χ1n) is 8.64. The van der Waals surface area contributed by atoms with E-state index in [1.54, 1.807) is 33.1 Å². The lowest BCUT2D eigenvalue weighted by Gasteiger charge is -2.13. The normalized spacial score (nSPS) is 11.1. The molecule has 0 saturated carbocycles. The van der Waals surface area contributed by atoms with E-state index in [4.69, 9.17) is 4.74 Å². The lowest BCUT2D eigenvalue weighted by atomic mass is 10.1. The molecule has 7 nitrogen and oxygen atoms in total. The van der Waals surface area contributed by atoms with Crippen LogP contribution in [0.2, 0.25) is 0 Å². The Morgan fingerprint density at radius 2 is 1.54 bits per heavy atom. The van der Waals surface area contributed by atoms with Crippen LogP contribution in [-0.4, -0.2) is 25.7 Å². The second-order valence-corrected chi connectivity index (χ2v) is 8.11. The second kappa shape index (κ2) is 7.85. The van der Waals surface area contributed by atoms with Gasteiger partial charge in [-0.1, -0.05) is 23.8 Å². The molecule has 0 bridgehead atoms. The molecule has 0 unspecified atom stereocenters. The van der Waals surface area contributed by atoms with Gasteiger partial charge in [0.15, 0.2) is 11.6 Å². The molecular formula is C20H22N4O3S. The summed E-state index contributed by atoms with van der Waals surface area (Å²) in [5.41, 5.74) is 3.18. The van der Waals surface area contributed by atoms with Crippen LogP contribution in [0, 0.1) is 20.8 Å². The number of anilines is 3. The van der Waals surface area contributed by atoms with E-state index in [0.717, 1.165) is 11.3 Å². The van der Waals surface area contributed by atoms with E-state index in [-0.39, 0.29) is 10.7 Å². The van der Waals surface area contributed by atoms with Crippen molar-refractivity contribution in [3.63, 3.8) is 0 Å². The minimum atomic E-state index is -3.76. The molecule has 0 saturated heterocycles. The zero-order valence-corrected chi connectivity index (χ0v) is 17.0. The Hall–Kier alpha value is -3.13. The average molecular weight is 398 g/mol. The molecule has 28 heavy (non-hydrogen) atoms. The third kappa shape index (κ3) is 4.40. The summed E-state index contributed by atoms with van der Waals surface area (Å²) in [5.74, 6) is 1.35. The van der Waals surface area contributed by atoms with Gasteiger partial charge >= 0.3 is 0 Å². The van der Waals surface area contributed by atoms with Crippen molar-refractivity contribution >= 4 is 27.3 Å². The molecule has 0 radical (unpaired) electrons. The molecule has 0 amide bonds. The summed E-state index contributed by atoms with van der Waals surface area (Å²) in [7, 11) is -2.17. The number of hydrogen-bond acceptors (Lipinski definition) is 6. The fraction of sp³-hybridized carbons (Fsp3) is 0.200. The van der Waals surface area contributed by atoms with Crippen molar-refractivity contribution < 1.29 is 13.2 Å². The monoisotopic (exact) mass is 398 g/mol. The predicted molar refractivity (Wildman–Crippen MR) is 110 cm³/mol. The molecule has 0 aliphatic heterocycles. The van der Waals surface area contributed by atoms with Gasteiger partial charge in [0, 0.05) is 11.8 Å². The van der Waals surface area contributed by atoms with Gasteiger partial charge < -0.3 is 10.1 Å². The van der Waals surface area contributed by atoms with Crippen molar-refractivity contribution in [1.82, 2.24) is 10.2 Å². The molecule has 0 aliphatic rings. The fourth-order valence-electron chi connectivity index (χ4n) is 3.08. The SMILES string of the molecule is COc1cccc(Nc2ccc(NS(=O)(=O)c3c(C)cc(C)cc3C)nn2)c1.